The second kappa shape index (κ2) is 5.99. The summed E-state index contributed by atoms with van der Waals surface area (Å²) in [6, 6.07) is 9.11. The first kappa shape index (κ1) is 16.3. The zero-order valence-electron chi connectivity index (χ0n) is 14.4. The van der Waals surface area contributed by atoms with Gasteiger partial charge in [0, 0.05) is 37.2 Å². The van der Waals surface area contributed by atoms with Crippen LogP contribution in [0.25, 0.3) is 0 Å². The minimum Gasteiger partial charge on any atom is -0.364 e. The molecule has 0 saturated carbocycles. The van der Waals surface area contributed by atoms with E-state index in [1.807, 2.05) is 0 Å². The highest BCUT2D eigenvalue weighted by Crippen LogP contribution is 2.42. The monoisotopic (exact) mass is 350 g/mol. The zero-order valence-corrected chi connectivity index (χ0v) is 14.4. The Kier molecular flexibility index (Phi) is 3.76. The third-order valence-corrected chi connectivity index (χ3v) is 5.33. The lowest BCUT2D eigenvalue weighted by Crippen LogP contribution is -2.34. The van der Waals surface area contributed by atoms with E-state index in [1.54, 1.807) is 41.0 Å². The van der Waals surface area contributed by atoms with Gasteiger partial charge >= 0.3 is 0 Å². The van der Waals surface area contributed by atoms with Crippen molar-refractivity contribution in [3.63, 3.8) is 0 Å². The third kappa shape index (κ3) is 2.64. The number of nitriles is 1. The topological polar surface area (TPSA) is 90.4 Å². The molecule has 0 aliphatic carbocycles. The number of benzene rings is 1. The molecule has 1 atom stereocenters. The van der Waals surface area contributed by atoms with Crippen LogP contribution in [0.1, 0.15) is 34.5 Å². The van der Waals surface area contributed by atoms with Gasteiger partial charge in [0.1, 0.15) is 11.8 Å². The maximum absolute atomic E-state index is 12.7. The van der Waals surface area contributed by atoms with Gasteiger partial charge in [-0.3, -0.25) is 9.59 Å². The number of carbonyl (C=O) groups excluding carboxylic acids is 2. The molecule has 4 rings (SSSR count). The summed E-state index contributed by atoms with van der Waals surface area (Å²) < 4.78 is 4.87. The largest absolute Gasteiger partial charge is 0.364 e. The van der Waals surface area contributed by atoms with E-state index in [0.29, 0.717) is 42.9 Å². The first-order valence-corrected chi connectivity index (χ1v) is 8.52. The quantitative estimate of drug-likeness (QED) is 0.827. The molecule has 0 radical (unpaired) electrons. The fourth-order valence-corrected chi connectivity index (χ4v) is 3.90. The smallest absolute Gasteiger partial charge is 0.259 e. The second-order valence-corrected chi connectivity index (χ2v) is 7.11. The van der Waals surface area contributed by atoms with Crippen molar-refractivity contribution in [3.8, 4) is 6.07 Å². The van der Waals surface area contributed by atoms with E-state index < -0.39 is 0 Å². The Morgan fingerprint density at radius 3 is 2.73 bits per heavy atom. The first-order valence-electron chi connectivity index (χ1n) is 8.52. The van der Waals surface area contributed by atoms with Crippen LogP contribution in [-0.4, -0.2) is 41.5 Å². The van der Waals surface area contributed by atoms with Crippen LogP contribution < -0.4 is 4.90 Å². The van der Waals surface area contributed by atoms with Gasteiger partial charge in [-0.05, 0) is 37.6 Å². The van der Waals surface area contributed by atoms with Crippen molar-refractivity contribution in [2.24, 2.45) is 5.41 Å². The summed E-state index contributed by atoms with van der Waals surface area (Å²) in [6.07, 6.45) is 2.60. The molecule has 2 amide bonds. The summed E-state index contributed by atoms with van der Waals surface area (Å²) in [5.74, 6) is -0.0323. The van der Waals surface area contributed by atoms with E-state index in [1.165, 1.54) is 6.26 Å². The minimum atomic E-state index is -0.217. The molecular formula is C19H18N4O3. The molecule has 1 aromatic heterocycles. The van der Waals surface area contributed by atoms with Crippen LogP contribution in [0.15, 0.2) is 35.1 Å². The van der Waals surface area contributed by atoms with Crippen molar-refractivity contribution in [2.45, 2.75) is 19.8 Å². The van der Waals surface area contributed by atoms with Crippen LogP contribution in [0.4, 0.5) is 5.69 Å². The van der Waals surface area contributed by atoms with Gasteiger partial charge in [0.05, 0.1) is 17.3 Å². The fraction of sp³-hybridized carbons (Fsp3) is 0.368. The van der Waals surface area contributed by atoms with Gasteiger partial charge in [-0.25, -0.2) is 0 Å². The van der Waals surface area contributed by atoms with Crippen molar-refractivity contribution in [1.82, 2.24) is 10.1 Å². The van der Waals surface area contributed by atoms with Gasteiger partial charge in [0.15, 0.2) is 0 Å². The van der Waals surface area contributed by atoms with Crippen molar-refractivity contribution < 1.29 is 14.1 Å². The molecule has 2 aliphatic heterocycles. The SMILES string of the molecule is Cc1nocc1C(=O)N1CC[C@]2(CC(=O)N(c3ccc(C#N)cc3)C2)C1. The molecule has 1 spiro atoms. The lowest BCUT2D eigenvalue weighted by atomic mass is 9.86. The first-order chi connectivity index (χ1) is 12.5. The molecule has 2 fully saturated rings. The Labute approximate surface area is 150 Å². The number of anilines is 1. The highest BCUT2D eigenvalue weighted by atomic mass is 16.5. The summed E-state index contributed by atoms with van der Waals surface area (Å²) in [5.41, 5.74) is 2.21. The van der Waals surface area contributed by atoms with Gasteiger partial charge in [0.25, 0.3) is 5.91 Å². The van der Waals surface area contributed by atoms with E-state index in [2.05, 4.69) is 11.2 Å². The highest BCUT2D eigenvalue weighted by molar-refractivity contribution is 5.97. The predicted molar refractivity (Wildman–Crippen MR) is 92.3 cm³/mol. The van der Waals surface area contributed by atoms with Crippen molar-refractivity contribution >= 4 is 17.5 Å². The van der Waals surface area contributed by atoms with E-state index in [0.717, 1.165) is 12.1 Å². The van der Waals surface area contributed by atoms with Gasteiger partial charge in [0.2, 0.25) is 5.91 Å². The maximum Gasteiger partial charge on any atom is 0.259 e. The summed E-state index contributed by atoms with van der Waals surface area (Å²) in [7, 11) is 0. The maximum atomic E-state index is 12.7. The van der Waals surface area contributed by atoms with Gasteiger partial charge in [-0.15, -0.1) is 0 Å². The van der Waals surface area contributed by atoms with Crippen molar-refractivity contribution in [3.05, 3.63) is 47.3 Å². The lowest BCUT2D eigenvalue weighted by molar-refractivity contribution is -0.117. The number of hydrogen-bond donors (Lipinski definition) is 0. The van der Waals surface area contributed by atoms with Gasteiger partial charge in [-0.1, -0.05) is 5.16 Å². The van der Waals surface area contributed by atoms with Gasteiger partial charge < -0.3 is 14.3 Å². The number of hydrogen-bond acceptors (Lipinski definition) is 5. The fourth-order valence-electron chi connectivity index (χ4n) is 3.90. The number of aryl methyl sites for hydroxylation is 1. The van der Waals surface area contributed by atoms with Crippen LogP contribution in [-0.2, 0) is 4.79 Å². The lowest BCUT2D eigenvalue weighted by Gasteiger charge is -2.24. The molecule has 0 unspecified atom stereocenters. The molecule has 2 aliphatic rings. The van der Waals surface area contributed by atoms with Crippen molar-refractivity contribution in [1.29, 1.82) is 5.26 Å². The number of likely N-dealkylation sites (tertiary alicyclic amines) is 1. The standard InChI is InChI=1S/C19H18N4O3/c1-13-16(10-26-21-13)18(25)22-7-6-19(11-22)8-17(24)23(12-19)15-4-2-14(9-20)3-5-15/h2-5,10H,6-8,11-12H2,1H3/t19-/m0/s1. The third-order valence-electron chi connectivity index (χ3n) is 5.33. The summed E-state index contributed by atoms with van der Waals surface area (Å²) >= 11 is 0. The molecule has 2 aromatic rings. The number of carbonyl (C=O) groups is 2. The van der Waals surface area contributed by atoms with Crippen LogP contribution in [0.5, 0.6) is 0 Å². The number of amides is 2. The molecule has 3 heterocycles. The molecule has 132 valence electrons. The molecule has 26 heavy (non-hydrogen) atoms. The Balaban J connectivity index is 1.50. The van der Waals surface area contributed by atoms with Crippen LogP contribution >= 0.6 is 0 Å². The van der Waals surface area contributed by atoms with Crippen molar-refractivity contribution in [2.75, 3.05) is 24.5 Å². The zero-order chi connectivity index (χ0) is 18.3. The molecular weight excluding hydrogens is 332 g/mol. The van der Waals surface area contributed by atoms with E-state index in [-0.39, 0.29) is 17.2 Å². The Hall–Kier alpha value is -3.14. The summed E-state index contributed by atoms with van der Waals surface area (Å²) in [4.78, 5) is 28.8. The minimum absolute atomic E-state index is 0.0603. The van der Waals surface area contributed by atoms with Gasteiger partial charge in [-0.2, -0.15) is 5.26 Å². The summed E-state index contributed by atoms with van der Waals surface area (Å²) in [6.45, 7) is 3.51. The second-order valence-electron chi connectivity index (χ2n) is 7.11. The number of rotatable bonds is 2. The van der Waals surface area contributed by atoms with Crippen LogP contribution in [0.3, 0.4) is 0 Å². The Morgan fingerprint density at radius 1 is 1.31 bits per heavy atom. The van der Waals surface area contributed by atoms with Crippen LogP contribution in [0.2, 0.25) is 0 Å². The molecule has 0 bridgehead atoms. The predicted octanol–water partition coefficient (Wildman–Crippen LogP) is 2.12. The molecule has 7 nitrogen and oxygen atoms in total. The molecule has 7 heteroatoms. The van der Waals surface area contributed by atoms with E-state index in [4.69, 9.17) is 9.78 Å². The number of aromatic nitrogens is 1. The Bertz CT molecular complexity index is 912. The average molecular weight is 350 g/mol. The number of nitrogens with zero attached hydrogens (tertiary/aromatic N) is 4. The molecule has 1 aromatic carbocycles. The Morgan fingerprint density at radius 2 is 2.08 bits per heavy atom. The van der Waals surface area contributed by atoms with Crippen LogP contribution in [0, 0.1) is 23.7 Å². The van der Waals surface area contributed by atoms with E-state index in [9.17, 15) is 9.59 Å². The normalized spacial score (nSPS) is 22.2. The summed E-state index contributed by atoms with van der Waals surface area (Å²) in [5, 5.41) is 12.7. The molecule has 0 N–H and O–H groups in total. The molecule has 2 saturated heterocycles. The van der Waals surface area contributed by atoms with E-state index >= 15 is 0 Å². The average Bonchev–Trinajstić information content (AvgIpc) is 3.34. The highest BCUT2D eigenvalue weighted by Gasteiger charge is 2.49.